The SMILES string of the molecule is CCC(CC)(CNC(=O)c1cn[nH]c1)SC. The van der Waals surface area contributed by atoms with Crippen molar-refractivity contribution in [2.24, 2.45) is 0 Å². The zero-order valence-electron chi connectivity index (χ0n) is 10.0. The number of H-pyrrole nitrogens is 1. The highest BCUT2D eigenvalue weighted by Gasteiger charge is 2.25. The molecular weight excluding hydrogens is 222 g/mol. The molecule has 0 aromatic carbocycles. The Bertz CT molecular complexity index is 312. The fraction of sp³-hybridized carbons (Fsp3) is 0.636. The van der Waals surface area contributed by atoms with Crippen molar-refractivity contribution >= 4 is 17.7 Å². The number of rotatable bonds is 6. The monoisotopic (exact) mass is 241 g/mol. The Kier molecular flexibility index (Phi) is 4.86. The maximum atomic E-state index is 11.7. The third-order valence-corrected chi connectivity index (χ3v) is 4.64. The Labute approximate surface area is 101 Å². The van der Waals surface area contributed by atoms with Crippen molar-refractivity contribution in [3.63, 3.8) is 0 Å². The van der Waals surface area contributed by atoms with Gasteiger partial charge in [-0.05, 0) is 19.1 Å². The molecule has 1 amide bonds. The molecule has 0 atom stereocenters. The molecule has 0 aliphatic heterocycles. The van der Waals surface area contributed by atoms with Gasteiger partial charge < -0.3 is 5.32 Å². The van der Waals surface area contributed by atoms with Gasteiger partial charge in [0.15, 0.2) is 0 Å². The summed E-state index contributed by atoms with van der Waals surface area (Å²) in [7, 11) is 0. The predicted octanol–water partition coefficient (Wildman–Crippen LogP) is 2.06. The molecule has 0 spiro atoms. The zero-order chi connectivity index (χ0) is 12.0. The highest BCUT2D eigenvalue weighted by molar-refractivity contribution is 8.00. The molecule has 2 N–H and O–H groups in total. The van der Waals surface area contributed by atoms with Crippen LogP contribution in [0, 0.1) is 0 Å². The number of thioether (sulfide) groups is 1. The third-order valence-electron chi connectivity index (χ3n) is 3.05. The molecule has 1 aromatic heterocycles. The Morgan fingerprint density at radius 3 is 2.69 bits per heavy atom. The van der Waals surface area contributed by atoms with Gasteiger partial charge in [-0.25, -0.2) is 0 Å². The van der Waals surface area contributed by atoms with E-state index in [0.29, 0.717) is 12.1 Å². The number of carbonyl (C=O) groups is 1. The van der Waals surface area contributed by atoms with E-state index in [-0.39, 0.29) is 10.7 Å². The highest BCUT2D eigenvalue weighted by Crippen LogP contribution is 2.29. The molecule has 1 aromatic rings. The van der Waals surface area contributed by atoms with E-state index in [1.54, 1.807) is 6.20 Å². The van der Waals surface area contributed by atoms with Crippen molar-refractivity contribution in [2.75, 3.05) is 12.8 Å². The van der Waals surface area contributed by atoms with Crippen LogP contribution in [-0.4, -0.2) is 33.7 Å². The van der Waals surface area contributed by atoms with Crippen LogP contribution in [0.25, 0.3) is 0 Å². The van der Waals surface area contributed by atoms with Gasteiger partial charge in [-0.15, -0.1) is 0 Å². The first-order chi connectivity index (χ1) is 7.67. The van der Waals surface area contributed by atoms with Crippen LogP contribution in [0.15, 0.2) is 12.4 Å². The summed E-state index contributed by atoms with van der Waals surface area (Å²) in [6.07, 6.45) is 7.34. The molecular formula is C11H19N3OS. The van der Waals surface area contributed by atoms with Gasteiger partial charge >= 0.3 is 0 Å². The molecule has 0 aliphatic rings. The summed E-state index contributed by atoms with van der Waals surface area (Å²) >= 11 is 1.82. The van der Waals surface area contributed by atoms with Crippen LogP contribution in [-0.2, 0) is 0 Å². The topological polar surface area (TPSA) is 57.8 Å². The largest absolute Gasteiger partial charge is 0.351 e. The average molecular weight is 241 g/mol. The van der Waals surface area contributed by atoms with Gasteiger partial charge in [-0.2, -0.15) is 16.9 Å². The molecule has 0 bridgehead atoms. The van der Waals surface area contributed by atoms with Crippen LogP contribution < -0.4 is 5.32 Å². The van der Waals surface area contributed by atoms with E-state index in [2.05, 4.69) is 35.6 Å². The Balaban J connectivity index is 2.53. The fourth-order valence-corrected chi connectivity index (χ4v) is 2.37. The van der Waals surface area contributed by atoms with Crippen LogP contribution in [0.4, 0.5) is 0 Å². The first-order valence-electron chi connectivity index (χ1n) is 5.49. The molecule has 1 rings (SSSR count). The number of nitrogens with zero attached hydrogens (tertiary/aromatic N) is 1. The van der Waals surface area contributed by atoms with E-state index in [1.165, 1.54) is 6.20 Å². The zero-order valence-corrected chi connectivity index (χ0v) is 10.9. The maximum absolute atomic E-state index is 11.7. The molecule has 4 nitrogen and oxygen atoms in total. The molecule has 0 saturated carbocycles. The summed E-state index contributed by atoms with van der Waals surface area (Å²) in [6.45, 7) is 5.01. The third kappa shape index (κ3) is 3.01. The molecule has 5 heteroatoms. The van der Waals surface area contributed by atoms with Crippen molar-refractivity contribution in [3.05, 3.63) is 18.0 Å². The standard InChI is InChI=1S/C11H19N3OS/c1-4-11(5-2,16-3)8-12-10(15)9-6-13-14-7-9/h6-7H,4-5,8H2,1-3H3,(H,12,15)(H,13,14). The minimum Gasteiger partial charge on any atom is -0.351 e. The quantitative estimate of drug-likeness (QED) is 0.801. The maximum Gasteiger partial charge on any atom is 0.254 e. The number of carbonyl (C=O) groups excluding carboxylic acids is 1. The minimum atomic E-state index is -0.0610. The van der Waals surface area contributed by atoms with Gasteiger partial charge in [0.25, 0.3) is 5.91 Å². The molecule has 16 heavy (non-hydrogen) atoms. The van der Waals surface area contributed by atoms with Crippen LogP contribution in [0.2, 0.25) is 0 Å². The Morgan fingerprint density at radius 2 is 2.25 bits per heavy atom. The predicted molar refractivity (Wildman–Crippen MR) is 67.7 cm³/mol. The smallest absolute Gasteiger partial charge is 0.254 e. The average Bonchev–Trinajstić information content (AvgIpc) is 2.85. The van der Waals surface area contributed by atoms with Crippen molar-refractivity contribution in [2.45, 2.75) is 31.4 Å². The van der Waals surface area contributed by atoms with E-state index < -0.39 is 0 Å². The van der Waals surface area contributed by atoms with Crippen LogP contribution in [0.3, 0.4) is 0 Å². The van der Waals surface area contributed by atoms with Crippen molar-refractivity contribution in [3.8, 4) is 0 Å². The van der Waals surface area contributed by atoms with Gasteiger partial charge in [0.05, 0.1) is 11.8 Å². The molecule has 0 radical (unpaired) electrons. The fourth-order valence-electron chi connectivity index (χ4n) is 1.58. The lowest BCUT2D eigenvalue weighted by Gasteiger charge is -2.29. The second kappa shape index (κ2) is 5.94. The lowest BCUT2D eigenvalue weighted by Crippen LogP contribution is -2.39. The number of nitrogens with one attached hydrogen (secondary N) is 2. The molecule has 0 fully saturated rings. The Morgan fingerprint density at radius 1 is 1.56 bits per heavy atom. The van der Waals surface area contributed by atoms with E-state index in [0.717, 1.165) is 12.8 Å². The van der Waals surface area contributed by atoms with E-state index in [1.807, 2.05) is 11.8 Å². The van der Waals surface area contributed by atoms with E-state index in [4.69, 9.17) is 0 Å². The summed E-state index contributed by atoms with van der Waals surface area (Å²) in [5, 5.41) is 9.35. The second-order valence-electron chi connectivity index (χ2n) is 3.76. The molecule has 1 heterocycles. The second-order valence-corrected chi connectivity index (χ2v) is 5.04. The van der Waals surface area contributed by atoms with Crippen molar-refractivity contribution in [1.29, 1.82) is 0 Å². The number of hydrogen-bond donors (Lipinski definition) is 2. The minimum absolute atomic E-state index is 0.0610. The van der Waals surface area contributed by atoms with Crippen LogP contribution >= 0.6 is 11.8 Å². The number of aromatic amines is 1. The molecule has 0 unspecified atom stereocenters. The first-order valence-corrected chi connectivity index (χ1v) is 6.72. The normalized spacial score (nSPS) is 11.4. The van der Waals surface area contributed by atoms with Gasteiger partial charge in [-0.3, -0.25) is 9.89 Å². The number of amides is 1. The summed E-state index contributed by atoms with van der Waals surface area (Å²) in [5.41, 5.74) is 0.585. The first kappa shape index (κ1) is 13.1. The molecule has 0 saturated heterocycles. The van der Waals surface area contributed by atoms with Crippen LogP contribution in [0.5, 0.6) is 0 Å². The van der Waals surface area contributed by atoms with Gasteiger partial charge in [0.2, 0.25) is 0 Å². The Hall–Kier alpha value is -0.970. The highest BCUT2D eigenvalue weighted by atomic mass is 32.2. The molecule has 0 aliphatic carbocycles. The number of hydrogen-bond acceptors (Lipinski definition) is 3. The van der Waals surface area contributed by atoms with Crippen LogP contribution in [0.1, 0.15) is 37.0 Å². The van der Waals surface area contributed by atoms with E-state index in [9.17, 15) is 4.79 Å². The molecule has 90 valence electrons. The summed E-state index contributed by atoms with van der Waals surface area (Å²) in [5.74, 6) is -0.0610. The lowest BCUT2D eigenvalue weighted by atomic mass is 10.0. The van der Waals surface area contributed by atoms with Crippen molar-refractivity contribution < 1.29 is 4.79 Å². The van der Waals surface area contributed by atoms with Crippen molar-refractivity contribution in [1.82, 2.24) is 15.5 Å². The summed E-state index contributed by atoms with van der Waals surface area (Å²) < 4.78 is 0.152. The summed E-state index contributed by atoms with van der Waals surface area (Å²) in [6, 6.07) is 0. The number of aromatic nitrogens is 2. The lowest BCUT2D eigenvalue weighted by molar-refractivity contribution is 0.0949. The van der Waals surface area contributed by atoms with Gasteiger partial charge in [-0.1, -0.05) is 13.8 Å². The van der Waals surface area contributed by atoms with Gasteiger partial charge in [0, 0.05) is 17.5 Å². The van der Waals surface area contributed by atoms with E-state index >= 15 is 0 Å². The summed E-state index contributed by atoms with van der Waals surface area (Å²) in [4.78, 5) is 11.7. The van der Waals surface area contributed by atoms with Gasteiger partial charge in [0.1, 0.15) is 0 Å².